The Hall–Kier alpha value is -2.47. The summed E-state index contributed by atoms with van der Waals surface area (Å²) in [7, 11) is -3.68. The number of amides is 1. The molecule has 34 heavy (non-hydrogen) atoms. The molecule has 2 aliphatic heterocycles. The highest BCUT2D eigenvalue weighted by atomic mass is 32.2. The molecule has 0 radical (unpaired) electrons. The molecule has 0 saturated carbocycles. The third-order valence-electron chi connectivity index (χ3n) is 5.83. The predicted octanol–water partition coefficient (Wildman–Crippen LogP) is 3.43. The maximum Gasteiger partial charge on any atom is 0.425 e. The van der Waals surface area contributed by atoms with Gasteiger partial charge in [0.05, 0.1) is 10.5 Å². The van der Waals surface area contributed by atoms with Crippen LogP contribution < -0.4 is 9.64 Å². The van der Waals surface area contributed by atoms with Crippen LogP contribution in [0.1, 0.15) is 22.8 Å². The number of ether oxygens (including phenoxy) is 1. The molecule has 1 aromatic heterocycles. The Morgan fingerprint density at radius 1 is 1.18 bits per heavy atom. The molecule has 0 aliphatic carbocycles. The molecule has 7 nitrogen and oxygen atoms in total. The normalized spacial score (nSPS) is 17.4. The highest BCUT2D eigenvalue weighted by Gasteiger charge is 2.39. The van der Waals surface area contributed by atoms with Crippen molar-refractivity contribution < 1.29 is 31.1 Å². The molecule has 1 saturated heterocycles. The van der Waals surface area contributed by atoms with E-state index >= 15 is 0 Å². The zero-order valence-corrected chi connectivity index (χ0v) is 20.3. The molecule has 0 unspecified atom stereocenters. The van der Waals surface area contributed by atoms with Crippen molar-refractivity contribution in [1.29, 1.82) is 0 Å². The van der Waals surface area contributed by atoms with Crippen molar-refractivity contribution in [2.45, 2.75) is 35.4 Å². The molecule has 0 bridgehead atoms. The first-order valence-corrected chi connectivity index (χ1v) is 13.5. The standard InChI is InChI=1S/C22H24F3N3O4S2/c1-14(22(23,24)25)32-18-4-3-16(34(2,30)31)12-17(18)21(29)28-8-6-27(7-9-28)20-11-15-5-10-33-19(15)13-26-20/h3-4,11-14H,5-10H2,1-2H3/t14-/m0/s1. The Kier molecular flexibility index (Phi) is 6.74. The average Bonchev–Trinajstić information content (AvgIpc) is 3.25. The summed E-state index contributed by atoms with van der Waals surface area (Å²) in [4.78, 5) is 22.3. The van der Waals surface area contributed by atoms with Gasteiger partial charge in [-0.15, -0.1) is 11.8 Å². The van der Waals surface area contributed by atoms with Crippen molar-refractivity contribution in [2.24, 2.45) is 0 Å². The molecule has 4 rings (SSSR count). The van der Waals surface area contributed by atoms with Crippen LogP contribution in [0.25, 0.3) is 0 Å². The first-order chi connectivity index (χ1) is 15.9. The smallest absolute Gasteiger partial charge is 0.425 e. The fourth-order valence-corrected chi connectivity index (χ4v) is 5.48. The third-order valence-corrected chi connectivity index (χ3v) is 8.03. The third kappa shape index (κ3) is 5.27. The number of thioether (sulfide) groups is 1. The molecule has 1 amide bonds. The van der Waals surface area contributed by atoms with Gasteiger partial charge in [-0.2, -0.15) is 13.2 Å². The minimum atomic E-state index is -4.64. The van der Waals surface area contributed by atoms with Crippen molar-refractivity contribution in [2.75, 3.05) is 43.1 Å². The predicted molar refractivity (Wildman–Crippen MR) is 122 cm³/mol. The molecule has 2 aliphatic rings. The summed E-state index contributed by atoms with van der Waals surface area (Å²) in [6.07, 6.45) is -2.98. The number of hydrogen-bond donors (Lipinski definition) is 0. The lowest BCUT2D eigenvalue weighted by molar-refractivity contribution is -0.189. The number of fused-ring (bicyclic) bond motifs is 1. The van der Waals surface area contributed by atoms with E-state index in [0.717, 1.165) is 49.4 Å². The van der Waals surface area contributed by atoms with Gasteiger partial charge in [-0.3, -0.25) is 4.79 Å². The lowest BCUT2D eigenvalue weighted by Gasteiger charge is -2.36. The van der Waals surface area contributed by atoms with Crippen LogP contribution in [0.5, 0.6) is 5.75 Å². The molecule has 1 atom stereocenters. The molecular weight excluding hydrogens is 491 g/mol. The quantitative estimate of drug-likeness (QED) is 0.604. The summed E-state index contributed by atoms with van der Waals surface area (Å²) in [5.74, 6) is 0.984. The van der Waals surface area contributed by atoms with Crippen LogP contribution in [-0.4, -0.2) is 74.7 Å². The molecule has 2 aromatic rings. The number of halogens is 3. The highest BCUT2D eigenvalue weighted by molar-refractivity contribution is 7.99. The van der Waals surface area contributed by atoms with Crippen LogP contribution in [0.15, 0.2) is 40.3 Å². The highest BCUT2D eigenvalue weighted by Crippen LogP contribution is 2.33. The van der Waals surface area contributed by atoms with E-state index < -0.39 is 28.0 Å². The number of sulfone groups is 1. The number of alkyl halides is 3. The Balaban J connectivity index is 1.53. The monoisotopic (exact) mass is 515 g/mol. The molecule has 3 heterocycles. The number of nitrogens with zero attached hydrogens (tertiary/aromatic N) is 3. The van der Waals surface area contributed by atoms with Crippen molar-refractivity contribution in [3.63, 3.8) is 0 Å². The van der Waals surface area contributed by atoms with Crippen LogP contribution in [0, 0.1) is 0 Å². The van der Waals surface area contributed by atoms with Crippen LogP contribution in [0.3, 0.4) is 0 Å². The molecule has 1 aromatic carbocycles. The van der Waals surface area contributed by atoms with E-state index in [1.807, 2.05) is 6.20 Å². The Labute approximate surface area is 200 Å². The van der Waals surface area contributed by atoms with Crippen molar-refractivity contribution in [3.8, 4) is 5.75 Å². The molecule has 12 heteroatoms. The van der Waals surface area contributed by atoms with Crippen molar-refractivity contribution in [1.82, 2.24) is 9.88 Å². The fourth-order valence-electron chi connectivity index (χ4n) is 3.82. The lowest BCUT2D eigenvalue weighted by Crippen LogP contribution is -2.49. The topological polar surface area (TPSA) is 79.8 Å². The second-order valence-corrected chi connectivity index (χ2v) is 11.4. The molecule has 0 spiro atoms. The van der Waals surface area contributed by atoms with E-state index in [0.29, 0.717) is 26.2 Å². The molecule has 0 N–H and O–H groups in total. The van der Waals surface area contributed by atoms with Crippen molar-refractivity contribution >= 4 is 33.3 Å². The van der Waals surface area contributed by atoms with Gasteiger partial charge in [0, 0.05) is 49.3 Å². The number of pyridine rings is 1. The number of hydrogen-bond acceptors (Lipinski definition) is 7. The van der Waals surface area contributed by atoms with Crippen LogP contribution in [0.2, 0.25) is 0 Å². The lowest BCUT2D eigenvalue weighted by atomic mass is 10.1. The summed E-state index contributed by atoms with van der Waals surface area (Å²) in [6.45, 7) is 2.43. The van der Waals surface area contributed by atoms with Gasteiger partial charge in [0.15, 0.2) is 15.9 Å². The number of benzene rings is 1. The maximum atomic E-state index is 13.3. The van der Waals surface area contributed by atoms with E-state index in [-0.39, 0.29) is 16.2 Å². The Bertz CT molecular complexity index is 1200. The van der Waals surface area contributed by atoms with E-state index in [4.69, 9.17) is 4.74 Å². The largest absolute Gasteiger partial charge is 0.480 e. The first kappa shape index (κ1) is 24.6. The number of rotatable bonds is 5. The zero-order valence-electron chi connectivity index (χ0n) is 18.6. The number of aromatic nitrogens is 1. The Morgan fingerprint density at radius 3 is 2.53 bits per heavy atom. The summed E-state index contributed by atoms with van der Waals surface area (Å²) in [6, 6.07) is 5.39. The summed E-state index contributed by atoms with van der Waals surface area (Å²) < 4.78 is 68.2. The van der Waals surface area contributed by atoms with Gasteiger partial charge in [-0.05, 0) is 43.2 Å². The van der Waals surface area contributed by atoms with Gasteiger partial charge < -0.3 is 14.5 Å². The SMILES string of the molecule is C[C@H](Oc1ccc(S(C)(=O)=O)cc1C(=O)N1CCN(c2cc3c(cn2)SCC3)CC1)C(F)(F)F. The van der Waals surface area contributed by atoms with Crippen LogP contribution in [0.4, 0.5) is 19.0 Å². The van der Waals surface area contributed by atoms with Gasteiger partial charge in [-0.25, -0.2) is 13.4 Å². The first-order valence-electron chi connectivity index (χ1n) is 10.7. The van der Waals surface area contributed by atoms with Gasteiger partial charge in [-0.1, -0.05) is 0 Å². The van der Waals surface area contributed by atoms with Gasteiger partial charge in [0.25, 0.3) is 5.91 Å². The summed E-state index contributed by atoms with van der Waals surface area (Å²) in [5.41, 5.74) is 1.05. The summed E-state index contributed by atoms with van der Waals surface area (Å²) in [5, 5.41) is 0. The van der Waals surface area contributed by atoms with Gasteiger partial charge >= 0.3 is 6.18 Å². The van der Waals surface area contributed by atoms with Crippen LogP contribution >= 0.6 is 11.8 Å². The fraction of sp³-hybridized carbons (Fsp3) is 0.455. The van der Waals surface area contributed by atoms with Crippen LogP contribution in [-0.2, 0) is 16.3 Å². The minimum absolute atomic E-state index is 0.165. The maximum absolute atomic E-state index is 13.3. The molecular formula is C22H24F3N3O4S2. The number of anilines is 1. The van der Waals surface area contributed by atoms with E-state index in [1.165, 1.54) is 15.4 Å². The van der Waals surface area contributed by atoms with Gasteiger partial charge in [0.1, 0.15) is 11.6 Å². The number of aryl methyl sites for hydroxylation is 1. The van der Waals surface area contributed by atoms with Gasteiger partial charge in [0.2, 0.25) is 0 Å². The van der Waals surface area contributed by atoms with E-state index in [2.05, 4.69) is 16.0 Å². The van der Waals surface area contributed by atoms with E-state index in [9.17, 15) is 26.4 Å². The number of carbonyl (C=O) groups is 1. The number of piperazine rings is 1. The van der Waals surface area contributed by atoms with Crippen molar-refractivity contribution in [3.05, 3.63) is 41.6 Å². The van der Waals surface area contributed by atoms with E-state index in [1.54, 1.807) is 11.8 Å². The zero-order chi connectivity index (χ0) is 24.7. The second kappa shape index (κ2) is 9.29. The molecule has 184 valence electrons. The second-order valence-electron chi connectivity index (χ2n) is 8.26. The minimum Gasteiger partial charge on any atom is -0.480 e. The average molecular weight is 516 g/mol. The Morgan fingerprint density at radius 2 is 1.88 bits per heavy atom. The number of carbonyl (C=O) groups excluding carboxylic acids is 1. The summed E-state index contributed by atoms with van der Waals surface area (Å²) >= 11 is 1.78. The molecule has 1 fully saturated rings.